The molecular formula is C16H23N3O4S. The number of hydrogen-bond donors (Lipinski definition) is 1. The molecule has 0 aliphatic carbocycles. The average molecular weight is 353 g/mol. The summed E-state index contributed by atoms with van der Waals surface area (Å²) in [5, 5.41) is 5.11. The van der Waals surface area contributed by atoms with Crippen molar-refractivity contribution in [1.82, 2.24) is 10.3 Å². The van der Waals surface area contributed by atoms with Gasteiger partial charge in [-0.2, -0.15) is 0 Å². The molecule has 1 aliphatic heterocycles. The third kappa shape index (κ3) is 5.02. The molecular weight excluding hydrogens is 330 g/mol. The van der Waals surface area contributed by atoms with Crippen molar-refractivity contribution in [2.75, 3.05) is 11.4 Å². The van der Waals surface area contributed by atoms with E-state index in [4.69, 9.17) is 4.74 Å². The second-order valence-electron chi connectivity index (χ2n) is 6.82. The lowest BCUT2D eigenvalue weighted by atomic mass is 10.1. The van der Waals surface area contributed by atoms with Gasteiger partial charge in [0, 0.05) is 23.9 Å². The molecule has 1 fully saturated rings. The van der Waals surface area contributed by atoms with Crippen LogP contribution in [-0.4, -0.2) is 41.0 Å². The van der Waals surface area contributed by atoms with Gasteiger partial charge in [0.2, 0.25) is 5.91 Å². The van der Waals surface area contributed by atoms with Gasteiger partial charge >= 0.3 is 5.97 Å². The van der Waals surface area contributed by atoms with Crippen LogP contribution in [0.5, 0.6) is 0 Å². The number of carbonyl (C=O) groups is 3. The lowest BCUT2D eigenvalue weighted by Gasteiger charge is -2.23. The van der Waals surface area contributed by atoms with Crippen LogP contribution in [-0.2, 0) is 25.5 Å². The molecule has 0 spiro atoms. The number of nitrogens with one attached hydrogen (secondary N) is 1. The molecule has 2 rings (SSSR count). The molecule has 1 aromatic heterocycles. The fourth-order valence-corrected chi connectivity index (χ4v) is 3.13. The third-order valence-corrected chi connectivity index (χ3v) is 4.26. The highest BCUT2D eigenvalue weighted by molar-refractivity contribution is 7.14. The Hall–Kier alpha value is -1.96. The second kappa shape index (κ2) is 7.29. The molecule has 24 heavy (non-hydrogen) atoms. The molecule has 8 heteroatoms. The van der Waals surface area contributed by atoms with Crippen molar-refractivity contribution < 1.29 is 19.1 Å². The van der Waals surface area contributed by atoms with Gasteiger partial charge in [-0.3, -0.25) is 19.3 Å². The van der Waals surface area contributed by atoms with Crippen LogP contribution < -0.4 is 10.2 Å². The van der Waals surface area contributed by atoms with E-state index < -0.39 is 12.1 Å². The Kier molecular flexibility index (Phi) is 5.58. The Balaban J connectivity index is 1.87. The summed E-state index contributed by atoms with van der Waals surface area (Å²) in [5.74, 6) is -0.792. The number of carbonyl (C=O) groups excluding carboxylic acids is 3. The SMILES string of the molecule is CC(OC(=O)Cc1csc(N2CCCC2=O)n1)C(=O)NC(C)(C)C. The number of hydrogen-bond acceptors (Lipinski definition) is 6. The molecule has 0 radical (unpaired) electrons. The number of aromatic nitrogens is 1. The Bertz CT molecular complexity index is 636. The van der Waals surface area contributed by atoms with E-state index in [1.165, 1.54) is 18.3 Å². The van der Waals surface area contributed by atoms with E-state index in [0.717, 1.165) is 6.42 Å². The van der Waals surface area contributed by atoms with Gasteiger partial charge in [-0.15, -0.1) is 11.3 Å². The van der Waals surface area contributed by atoms with Crippen LogP contribution in [0.1, 0.15) is 46.2 Å². The summed E-state index contributed by atoms with van der Waals surface area (Å²) < 4.78 is 5.15. The van der Waals surface area contributed by atoms with E-state index >= 15 is 0 Å². The van der Waals surface area contributed by atoms with Crippen molar-refractivity contribution in [2.45, 2.75) is 58.6 Å². The van der Waals surface area contributed by atoms with E-state index in [2.05, 4.69) is 10.3 Å². The van der Waals surface area contributed by atoms with E-state index in [0.29, 0.717) is 23.8 Å². The first-order chi connectivity index (χ1) is 11.2. The zero-order valence-electron chi connectivity index (χ0n) is 14.4. The fraction of sp³-hybridized carbons (Fsp3) is 0.625. The quantitative estimate of drug-likeness (QED) is 0.813. The predicted octanol–water partition coefficient (Wildman–Crippen LogP) is 1.66. The molecule has 2 heterocycles. The Morgan fingerprint density at radius 3 is 2.75 bits per heavy atom. The van der Waals surface area contributed by atoms with E-state index in [1.54, 1.807) is 10.3 Å². The monoisotopic (exact) mass is 353 g/mol. The topological polar surface area (TPSA) is 88.6 Å². The zero-order chi connectivity index (χ0) is 17.9. The third-order valence-electron chi connectivity index (χ3n) is 3.35. The largest absolute Gasteiger partial charge is 0.452 e. The Morgan fingerprint density at radius 2 is 2.17 bits per heavy atom. The van der Waals surface area contributed by atoms with Crippen molar-refractivity contribution in [1.29, 1.82) is 0 Å². The van der Waals surface area contributed by atoms with Gasteiger partial charge in [-0.25, -0.2) is 4.98 Å². The summed E-state index contributed by atoms with van der Waals surface area (Å²) in [7, 11) is 0. The van der Waals surface area contributed by atoms with Gasteiger partial charge in [-0.1, -0.05) is 0 Å². The van der Waals surface area contributed by atoms with Gasteiger partial charge < -0.3 is 10.1 Å². The summed E-state index contributed by atoms with van der Waals surface area (Å²) in [6, 6.07) is 0. The molecule has 1 unspecified atom stereocenters. The maximum absolute atomic E-state index is 12.0. The predicted molar refractivity (Wildman–Crippen MR) is 90.9 cm³/mol. The fourth-order valence-electron chi connectivity index (χ4n) is 2.26. The molecule has 1 aromatic rings. The smallest absolute Gasteiger partial charge is 0.312 e. The summed E-state index contributed by atoms with van der Waals surface area (Å²) in [4.78, 5) is 41.5. The Morgan fingerprint density at radius 1 is 1.46 bits per heavy atom. The number of thiazole rings is 1. The number of rotatable bonds is 5. The van der Waals surface area contributed by atoms with Gasteiger partial charge in [0.05, 0.1) is 12.1 Å². The number of ether oxygens (including phenoxy) is 1. The lowest BCUT2D eigenvalue weighted by Crippen LogP contribution is -2.46. The molecule has 0 saturated carbocycles. The van der Waals surface area contributed by atoms with Crippen LogP contribution in [0.2, 0.25) is 0 Å². The van der Waals surface area contributed by atoms with Crippen LogP contribution in [0.4, 0.5) is 5.13 Å². The molecule has 1 saturated heterocycles. The van der Waals surface area contributed by atoms with E-state index in [1.807, 2.05) is 20.8 Å². The minimum Gasteiger partial charge on any atom is -0.452 e. The zero-order valence-corrected chi connectivity index (χ0v) is 15.2. The van der Waals surface area contributed by atoms with Crippen molar-refractivity contribution in [3.8, 4) is 0 Å². The lowest BCUT2D eigenvalue weighted by molar-refractivity contribution is -0.154. The standard InChI is InChI=1S/C16H23N3O4S/c1-10(14(22)18-16(2,3)4)23-13(21)8-11-9-24-15(17-11)19-7-5-6-12(19)20/h9-10H,5-8H2,1-4H3,(H,18,22). The first kappa shape index (κ1) is 18.4. The van der Waals surface area contributed by atoms with Crippen LogP contribution in [0, 0.1) is 0 Å². The van der Waals surface area contributed by atoms with Gasteiger partial charge in [0.15, 0.2) is 11.2 Å². The number of anilines is 1. The molecule has 132 valence electrons. The number of esters is 1. The molecule has 1 aliphatic rings. The molecule has 7 nitrogen and oxygen atoms in total. The molecule has 1 N–H and O–H groups in total. The first-order valence-electron chi connectivity index (χ1n) is 7.92. The van der Waals surface area contributed by atoms with Crippen LogP contribution >= 0.6 is 11.3 Å². The minimum absolute atomic E-state index is 0.0222. The molecule has 1 atom stereocenters. The highest BCUT2D eigenvalue weighted by Gasteiger charge is 2.25. The average Bonchev–Trinajstić information content (AvgIpc) is 3.05. The van der Waals surface area contributed by atoms with Crippen molar-refractivity contribution >= 4 is 34.3 Å². The summed E-state index contributed by atoms with van der Waals surface area (Å²) >= 11 is 1.33. The van der Waals surface area contributed by atoms with Crippen LogP contribution in [0.15, 0.2) is 5.38 Å². The van der Waals surface area contributed by atoms with Crippen molar-refractivity contribution in [2.24, 2.45) is 0 Å². The van der Waals surface area contributed by atoms with Crippen molar-refractivity contribution in [3.63, 3.8) is 0 Å². The van der Waals surface area contributed by atoms with Gasteiger partial charge in [0.1, 0.15) is 0 Å². The molecule has 0 bridgehead atoms. The molecule has 0 aromatic carbocycles. The summed E-state index contributed by atoms with van der Waals surface area (Å²) in [6.07, 6.45) is 0.481. The maximum Gasteiger partial charge on any atom is 0.312 e. The number of amides is 2. The maximum atomic E-state index is 12.0. The van der Waals surface area contributed by atoms with Crippen molar-refractivity contribution in [3.05, 3.63) is 11.1 Å². The van der Waals surface area contributed by atoms with Gasteiger partial charge in [0.25, 0.3) is 5.91 Å². The van der Waals surface area contributed by atoms with Crippen LogP contribution in [0.3, 0.4) is 0 Å². The van der Waals surface area contributed by atoms with E-state index in [9.17, 15) is 14.4 Å². The first-order valence-corrected chi connectivity index (χ1v) is 8.80. The summed E-state index contributed by atoms with van der Waals surface area (Å²) in [5.41, 5.74) is 0.159. The minimum atomic E-state index is -0.866. The number of nitrogens with zero attached hydrogens (tertiary/aromatic N) is 2. The Labute approximate surface area is 145 Å². The second-order valence-corrected chi connectivity index (χ2v) is 7.66. The molecule has 2 amide bonds. The summed E-state index contributed by atoms with van der Waals surface area (Å²) in [6.45, 7) is 7.77. The van der Waals surface area contributed by atoms with Gasteiger partial charge in [-0.05, 0) is 34.1 Å². The van der Waals surface area contributed by atoms with Crippen LogP contribution in [0.25, 0.3) is 0 Å². The highest BCUT2D eigenvalue weighted by atomic mass is 32.1. The van der Waals surface area contributed by atoms with E-state index in [-0.39, 0.29) is 23.8 Å². The highest BCUT2D eigenvalue weighted by Crippen LogP contribution is 2.25. The normalized spacial score (nSPS) is 16.2.